The van der Waals surface area contributed by atoms with Crippen molar-refractivity contribution in [3.63, 3.8) is 0 Å². The lowest BCUT2D eigenvalue weighted by molar-refractivity contribution is 0.130. The van der Waals surface area contributed by atoms with Crippen LogP contribution in [0.25, 0.3) is 0 Å². The smallest absolute Gasteiger partial charge is 0.0906 e. The molecule has 0 aromatic carbocycles. The van der Waals surface area contributed by atoms with Crippen LogP contribution < -0.4 is 0 Å². The standard InChI is InChI=1S/C9H16N2O/c1-4-12-7-9-5-6-11(10-9)8(2)3/h5-6,8H,4,7H2,1-3H3. The van der Waals surface area contributed by atoms with Crippen molar-refractivity contribution in [3.8, 4) is 0 Å². The number of aromatic nitrogens is 2. The molecule has 0 atom stereocenters. The second kappa shape index (κ2) is 4.26. The third-order valence-corrected chi connectivity index (χ3v) is 1.65. The van der Waals surface area contributed by atoms with E-state index < -0.39 is 0 Å². The lowest BCUT2D eigenvalue weighted by Crippen LogP contribution is -2.02. The summed E-state index contributed by atoms with van der Waals surface area (Å²) in [5.41, 5.74) is 1.01. The van der Waals surface area contributed by atoms with E-state index in [4.69, 9.17) is 4.74 Å². The maximum absolute atomic E-state index is 5.24. The third kappa shape index (κ3) is 2.34. The topological polar surface area (TPSA) is 27.1 Å². The van der Waals surface area contributed by atoms with Crippen LogP contribution in [0.2, 0.25) is 0 Å². The van der Waals surface area contributed by atoms with Crippen molar-refractivity contribution in [2.24, 2.45) is 0 Å². The number of hydrogen-bond acceptors (Lipinski definition) is 2. The zero-order valence-corrected chi connectivity index (χ0v) is 7.95. The van der Waals surface area contributed by atoms with Crippen molar-refractivity contribution in [2.45, 2.75) is 33.4 Å². The predicted molar refractivity (Wildman–Crippen MR) is 47.9 cm³/mol. The van der Waals surface area contributed by atoms with Crippen LogP contribution >= 0.6 is 0 Å². The van der Waals surface area contributed by atoms with E-state index in [-0.39, 0.29) is 0 Å². The molecular weight excluding hydrogens is 152 g/mol. The molecule has 1 aromatic heterocycles. The molecule has 0 radical (unpaired) electrons. The molecule has 0 bridgehead atoms. The van der Waals surface area contributed by atoms with E-state index in [1.807, 2.05) is 23.9 Å². The number of ether oxygens (including phenoxy) is 1. The summed E-state index contributed by atoms with van der Waals surface area (Å²) in [5, 5.41) is 4.34. The van der Waals surface area contributed by atoms with E-state index in [9.17, 15) is 0 Å². The largest absolute Gasteiger partial charge is 0.375 e. The lowest BCUT2D eigenvalue weighted by Gasteiger charge is -2.03. The summed E-state index contributed by atoms with van der Waals surface area (Å²) < 4.78 is 7.18. The van der Waals surface area contributed by atoms with Gasteiger partial charge in [0.15, 0.2) is 0 Å². The van der Waals surface area contributed by atoms with Gasteiger partial charge in [0.05, 0.1) is 12.3 Å². The first kappa shape index (κ1) is 9.26. The van der Waals surface area contributed by atoms with E-state index in [1.54, 1.807) is 0 Å². The van der Waals surface area contributed by atoms with Crippen LogP contribution in [-0.4, -0.2) is 16.4 Å². The average molecular weight is 168 g/mol. The Morgan fingerprint density at radius 3 is 2.83 bits per heavy atom. The van der Waals surface area contributed by atoms with Gasteiger partial charge in [0, 0.05) is 18.8 Å². The molecule has 0 saturated heterocycles. The Balaban J connectivity index is 2.52. The van der Waals surface area contributed by atoms with E-state index in [0.717, 1.165) is 12.3 Å². The molecule has 0 aliphatic heterocycles. The quantitative estimate of drug-likeness (QED) is 0.687. The van der Waals surface area contributed by atoms with Gasteiger partial charge < -0.3 is 4.74 Å². The van der Waals surface area contributed by atoms with E-state index in [0.29, 0.717) is 12.6 Å². The Labute approximate surface area is 73.3 Å². The van der Waals surface area contributed by atoms with E-state index >= 15 is 0 Å². The van der Waals surface area contributed by atoms with Gasteiger partial charge in [0.1, 0.15) is 0 Å². The molecule has 12 heavy (non-hydrogen) atoms. The summed E-state index contributed by atoms with van der Waals surface area (Å²) in [5.74, 6) is 0. The van der Waals surface area contributed by atoms with Crippen LogP contribution in [0.15, 0.2) is 12.3 Å². The van der Waals surface area contributed by atoms with Crippen LogP contribution in [0.4, 0.5) is 0 Å². The van der Waals surface area contributed by atoms with E-state index in [1.165, 1.54) is 0 Å². The highest BCUT2D eigenvalue weighted by Gasteiger charge is 2.00. The van der Waals surface area contributed by atoms with Crippen molar-refractivity contribution >= 4 is 0 Å². The Bertz CT molecular complexity index is 230. The molecule has 0 aliphatic carbocycles. The molecule has 0 saturated carbocycles. The van der Waals surface area contributed by atoms with Gasteiger partial charge in [-0.3, -0.25) is 4.68 Å². The molecule has 1 aromatic rings. The summed E-state index contributed by atoms with van der Waals surface area (Å²) in [4.78, 5) is 0. The molecule has 3 heteroatoms. The summed E-state index contributed by atoms with van der Waals surface area (Å²) >= 11 is 0. The maximum atomic E-state index is 5.24. The highest BCUT2D eigenvalue weighted by atomic mass is 16.5. The number of hydrogen-bond donors (Lipinski definition) is 0. The first-order valence-electron chi connectivity index (χ1n) is 4.35. The molecule has 68 valence electrons. The van der Waals surface area contributed by atoms with Crippen molar-refractivity contribution in [1.29, 1.82) is 0 Å². The average Bonchev–Trinajstić information content (AvgIpc) is 2.48. The Morgan fingerprint density at radius 1 is 1.58 bits per heavy atom. The maximum Gasteiger partial charge on any atom is 0.0906 e. The van der Waals surface area contributed by atoms with Crippen molar-refractivity contribution in [2.75, 3.05) is 6.61 Å². The van der Waals surface area contributed by atoms with Crippen molar-refractivity contribution in [1.82, 2.24) is 9.78 Å². The first-order chi connectivity index (χ1) is 5.74. The number of rotatable bonds is 4. The second-order valence-electron chi connectivity index (χ2n) is 3.02. The molecule has 0 fully saturated rings. The highest BCUT2D eigenvalue weighted by Crippen LogP contribution is 2.04. The third-order valence-electron chi connectivity index (χ3n) is 1.65. The Morgan fingerprint density at radius 2 is 2.33 bits per heavy atom. The van der Waals surface area contributed by atoms with Crippen LogP contribution in [0.5, 0.6) is 0 Å². The molecule has 1 rings (SSSR count). The molecule has 0 spiro atoms. The SMILES string of the molecule is CCOCc1ccn(C(C)C)n1. The van der Waals surface area contributed by atoms with Gasteiger partial charge in [-0.05, 0) is 26.8 Å². The molecule has 0 aliphatic rings. The molecule has 0 N–H and O–H groups in total. The summed E-state index contributed by atoms with van der Waals surface area (Å²) in [6, 6.07) is 2.43. The monoisotopic (exact) mass is 168 g/mol. The van der Waals surface area contributed by atoms with Gasteiger partial charge in [0.25, 0.3) is 0 Å². The van der Waals surface area contributed by atoms with Gasteiger partial charge in [-0.25, -0.2) is 0 Å². The second-order valence-corrected chi connectivity index (χ2v) is 3.02. The van der Waals surface area contributed by atoms with Crippen molar-refractivity contribution in [3.05, 3.63) is 18.0 Å². The first-order valence-corrected chi connectivity index (χ1v) is 4.35. The zero-order chi connectivity index (χ0) is 8.97. The molecular formula is C9H16N2O. The minimum atomic E-state index is 0.431. The minimum Gasteiger partial charge on any atom is -0.375 e. The summed E-state index contributed by atoms with van der Waals surface area (Å²) in [6.45, 7) is 7.57. The fourth-order valence-electron chi connectivity index (χ4n) is 0.949. The number of nitrogens with zero attached hydrogens (tertiary/aromatic N) is 2. The Hall–Kier alpha value is -0.830. The summed E-state index contributed by atoms with van der Waals surface area (Å²) in [6.07, 6.45) is 1.99. The minimum absolute atomic E-state index is 0.431. The van der Waals surface area contributed by atoms with Gasteiger partial charge in [-0.2, -0.15) is 5.10 Å². The summed E-state index contributed by atoms with van der Waals surface area (Å²) in [7, 11) is 0. The zero-order valence-electron chi connectivity index (χ0n) is 7.95. The van der Waals surface area contributed by atoms with Gasteiger partial charge in [-0.1, -0.05) is 0 Å². The highest BCUT2D eigenvalue weighted by molar-refractivity contribution is 4.97. The van der Waals surface area contributed by atoms with Crippen LogP contribution in [-0.2, 0) is 11.3 Å². The van der Waals surface area contributed by atoms with Crippen molar-refractivity contribution < 1.29 is 4.74 Å². The fraction of sp³-hybridized carbons (Fsp3) is 0.667. The fourth-order valence-corrected chi connectivity index (χ4v) is 0.949. The predicted octanol–water partition coefficient (Wildman–Crippen LogP) is 2.00. The van der Waals surface area contributed by atoms with Crippen LogP contribution in [0.3, 0.4) is 0 Å². The lowest BCUT2D eigenvalue weighted by atomic mass is 10.4. The van der Waals surface area contributed by atoms with E-state index in [2.05, 4.69) is 18.9 Å². The normalized spacial score (nSPS) is 11.0. The van der Waals surface area contributed by atoms with Crippen LogP contribution in [0.1, 0.15) is 32.5 Å². The van der Waals surface area contributed by atoms with Crippen LogP contribution in [0, 0.1) is 0 Å². The molecule has 0 amide bonds. The van der Waals surface area contributed by atoms with Gasteiger partial charge in [0.2, 0.25) is 0 Å². The van der Waals surface area contributed by atoms with Gasteiger partial charge >= 0.3 is 0 Å². The Kier molecular flexibility index (Phi) is 3.29. The molecule has 1 heterocycles. The van der Waals surface area contributed by atoms with Gasteiger partial charge in [-0.15, -0.1) is 0 Å². The molecule has 3 nitrogen and oxygen atoms in total. The molecule has 0 unspecified atom stereocenters.